The number of nitriles is 1. The van der Waals surface area contributed by atoms with E-state index in [9.17, 15) is 4.39 Å². The lowest BCUT2D eigenvalue weighted by molar-refractivity contribution is 0.276. The van der Waals surface area contributed by atoms with E-state index in [0.29, 0.717) is 16.7 Å². The maximum Gasteiger partial charge on any atom is 0.165 e. The summed E-state index contributed by atoms with van der Waals surface area (Å²) >= 11 is 0. The van der Waals surface area contributed by atoms with Gasteiger partial charge in [-0.25, -0.2) is 4.39 Å². The predicted octanol–water partition coefficient (Wildman–Crippen LogP) is 2.77. The molecule has 0 saturated heterocycles. The van der Waals surface area contributed by atoms with Gasteiger partial charge in [0, 0.05) is 5.56 Å². The van der Waals surface area contributed by atoms with Crippen molar-refractivity contribution in [2.24, 2.45) is 0 Å². The summed E-state index contributed by atoms with van der Waals surface area (Å²) in [6.45, 7) is -0.0897. The van der Waals surface area contributed by atoms with Crippen molar-refractivity contribution in [3.8, 4) is 11.8 Å². The van der Waals surface area contributed by atoms with Crippen molar-refractivity contribution in [3.63, 3.8) is 0 Å². The summed E-state index contributed by atoms with van der Waals surface area (Å²) in [4.78, 5) is 0. The van der Waals surface area contributed by atoms with Crippen LogP contribution in [0, 0.1) is 17.1 Å². The lowest BCUT2D eigenvalue weighted by atomic mass is 10.1. The molecule has 2 aromatic rings. The molecule has 4 heteroatoms. The smallest absolute Gasteiger partial charge is 0.165 e. The fraction of sp³-hybridized carbons (Fsp3) is 0.133. The third-order valence-electron chi connectivity index (χ3n) is 2.70. The summed E-state index contributed by atoms with van der Waals surface area (Å²) in [5, 5.41) is 17.8. The molecular formula is C15H12FNO2. The van der Waals surface area contributed by atoms with Crippen molar-refractivity contribution in [1.29, 1.82) is 5.26 Å². The molecule has 0 bridgehead atoms. The van der Waals surface area contributed by atoms with Crippen LogP contribution in [0.15, 0.2) is 42.5 Å². The van der Waals surface area contributed by atoms with Crippen LogP contribution in [-0.4, -0.2) is 5.11 Å². The van der Waals surface area contributed by atoms with Gasteiger partial charge in [-0.1, -0.05) is 24.3 Å². The maximum absolute atomic E-state index is 13.6. The Morgan fingerprint density at radius 3 is 2.68 bits per heavy atom. The van der Waals surface area contributed by atoms with E-state index in [2.05, 4.69) is 6.07 Å². The second kappa shape index (κ2) is 5.98. The molecule has 0 amide bonds. The minimum atomic E-state index is -0.527. The van der Waals surface area contributed by atoms with Crippen LogP contribution in [0.1, 0.15) is 16.7 Å². The number of halogens is 1. The maximum atomic E-state index is 13.6. The van der Waals surface area contributed by atoms with Crippen LogP contribution in [0.4, 0.5) is 4.39 Å². The largest absolute Gasteiger partial charge is 0.486 e. The number of rotatable bonds is 4. The predicted molar refractivity (Wildman–Crippen MR) is 67.8 cm³/mol. The summed E-state index contributed by atoms with van der Waals surface area (Å²) in [6, 6.07) is 13.4. The SMILES string of the molecule is N#Cc1ccccc1COc1ccc(CO)cc1F. The Morgan fingerprint density at radius 2 is 2.00 bits per heavy atom. The monoisotopic (exact) mass is 257 g/mol. The highest BCUT2D eigenvalue weighted by Gasteiger charge is 2.06. The minimum absolute atomic E-state index is 0.102. The third-order valence-corrected chi connectivity index (χ3v) is 2.70. The molecule has 0 aliphatic heterocycles. The molecule has 0 saturated carbocycles. The Hall–Kier alpha value is -2.38. The molecule has 3 nitrogen and oxygen atoms in total. The molecule has 0 unspecified atom stereocenters. The van der Waals surface area contributed by atoms with Gasteiger partial charge in [-0.05, 0) is 23.8 Å². The van der Waals surface area contributed by atoms with E-state index in [1.807, 2.05) is 0 Å². The van der Waals surface area contributed by atoms with Crippen molar-refractivity contribution in [2.75, 3.05) is 0 Å². The van der Waals surface area contributed by atoms with Gasteiger partial charge in [0.05, 0.1) is 18.2 Å². The standard InChI is InChI=1S/C15H12FNO2/c16-14-7-11(9-18)5-6-15(14)19-10-13-4-2-1-3-12(13)8-17/h1-7,18H,9-10H2. The zero-order valence-corrected chi connectivity index (χ0v) is 10.1. The number of hydrogen-bond donors (Lipinski definition) is 1. The summed E-state index contributed by atoms with van der Waals surface area (Å²) in [5.41, 5.74) is 1.70. The van der Waals surface area contributed by atoms with Crippen molar-refractivity contribution >= 4 is 0 Å². The van der Waals surface area contributed by atoms with Crippen molar-refractivity contribution in [3.05, 3.63) is 65.0 Å². The molecule has 0 spiro atoms. The van der Waals surface area contributed by atoms with E-state index in [4.69, 9.17) is 15.1 Å². The van der Waals surface area contributed by atoms with Gasteiger partial charge in [-0.15, -0.1) is 0 Å². The Balaban J connectivity index is 2.13. The molecular weight excluding hydrogens is 245 g/mol. The fourth-order valence-corrected chi connectivity index (χ4v) is 1.67. The van der Waals surface area contributed by atoms with Crippen LogP contribution in [0.3, 0.4) is 0 Å². The zero-order chi connectivity index (χ0) is 13.7. The van der Waals surface area contributed by atoms with Crippen LogP contribution in [0.5, 0.6) is 5.75 Å². The first-order valence-corrected chi connectivity index (χ1v) is 5.74. The Kier molecular flexibility index (Phi) is 4.11. The Bertz CT molecular complexity index is 620. The van der Waals surface area contributed by atoms with Gasteiger partial charge in [0.15, 0.2) is 11.6 Å². The second-order valence-corrected chi connectivity index (χ2v) is 3.98. The number of benzene rings is 2. The molecule has 0 aliphatic carbocycles. The van der Waals surface area contributed by atoms with E-state index in [1.54, 1.807) is 30.3 Å². The highest BCUT2D eigenvalue weighted by atomic mass is 19.1. The normalized spacial score (nSPS) is 9.95. The summed E-state index contributed by atoms with van der Waals surface area (Å²) in [7, 11) is 0. The van der Waals surface area contributed by atoms with Crippen LogP contribution in [0.2, 0.25) is 0 Å². The van der Waals surface area contributed by atoms with Crippen LogP contribution in [-0.2, 0) is 13.2 Å². The molecule has 0 atom stereocenters. The van der Waals surface area contributed by atoms with Crippen LogP contribution in [0.25, 0.3) is 0 Å². The first kappa shape index (κ1) is 13.1. The van der Waals surface area contributed by atoms with Crippen molar-refractivity contribution in [2.45, 2.75) is 13.2 Å². The van der Waals surface area contributed by atoms with Gasteiger partial charge >= 0.3 is 0 Å². The van der Waals surface area contributed by atoms with Crippen molar-refractivity contribution in [1.82, 2.24) is 0 Å². The van der Waals surface area contributed by atoms with Gasteiger partial charge in [-0.3, -0.25) is 0 Å². The molecule has 96 valence electrons. The summed E-state index contributed by atoms with van der Waals surface area (Å²) < 4.78 is 19.0. The summed E-state index contributed by atoms with van der Waals surface area (Å²) in [5.74, 6) is -0.425. The zero-order valence-electron chi connectivity index (χ0n) is 10.1. The first-order valence-electron chi connectivity index (χ1n) is 5.74. The number of hydrogen-bond acceptors (Lipinski definition) is 3. The van der Waals surface area contributed by atoms with Gasteiger partial charge < -0.3 is 9.84 Å². The molecule has 1 N–H and O–H groups in total. The molecule has 0 radical (unpaired) electrons. The molecule has 2 rings (SSSR count). The molecule has 19 heavy (non-hydrogen) atoms. The van der Waals surface area contributed by atoms with Gasteiger partial charge in [0.25, 0.3) is 0 Å². The molecule has 0 heterocycles. The number of aliphatic hydroxyl groups excluding tert-OH is 1. The fourth-order valence-electron chi connectivity index (χ4n) is 1.67. The van der Waals surface area contributed by atoms with Gasteiger partial charge in [0.1, 0.15) is 6.61 Å². The number of ether oxygens (including phenoxy) is 1. The average Bonchev–Trinajstić information content (AvgIpc) is 2.46. The van der Waals surface area contributed by atoms with Crippen LogP contribution < -0.4 is 4.74 Å². The van der Waals surface area contributed by atoms with Crippen LogP contribution >= 0.6 is 0 Å². The lowest BCUT2D eigenvalue weighted by Crippen LogP contribution is -2.00. The van der Waals surface area contributed by atoms with Gasteiger partial charge in [-0.2, -0.15) is 5.26 Å². The Labute approximate surface area is 110 Å². The van der Waals surface area contributed by atoms with E-state index in [-0.39, 0.29) is 19.0 Å². The summed E-state index contributed by atoms with van der Waals surface area (Å²) in [6.07, 6.45) is 0. The number of nitrogens with zero attached hydrogens (tertiary/aromatic N) is 1. The number of aliphatic hydroxyl groups is 1. The molecule has 0 fully saturated rings. The quantitative estimate of drug-likeness (QED) is 0.916. The van der Waals surface area contributed by atoms with E-state index in [0.717, 1.165) is 0 Å². The van der Waals surface area contributed by atoms with Crippen molar-refractivity contribution < 1.29 is 14.2 Å². The average molecular weight is 257 g/mol. The first-order chi connectivity index (χ1) is 9.24. The van der Waals surface area contributed by atoms with E-state index >= 15 is 0 Å². The third kappa shape index (κ3) is 3.09. The van der Waals surface area contributed by atoms with E-state index in [1.165, 1.54) is 12.1 Å². The van der Waals surface area contributed by atoms with Gasteiger partial charge in [0.2, 0.25) is 0 Å². The lowest BCUT2D eigenvalue weighted by Gasteiger charge is -2.09. The van der Waals surface area contributed by atoms with E-state index < -0.39 is 5.82 Å². The highest BCUT2D eigenvalue weighted by Crippen LogP contribution is 2.20. The molecule has 2 aromatic carbocycles. The second-order valence-electron chi connectivity index (χ2n) is 3.98. The molecule has 0 aromatic heterocycles. The Morgan fingerprint density at radius 1 is 1.21 bits per heavy atom. The minimum Gasteiger partial charge on any atom is -0.486 e. The molecule has 0 aliphatic rings. The topological polar surface area (TPSA) is 53.2 Å². The highest BCUT2D eigenvalue weighted by molar-refractivity contribution is 5.37.